The van der Waals surface area contributed by atoms with E-state index in [0.717, 1.165) is 30.6 Å². The van der Waals surface area contributed by atoms with Crippen molar-refractivity contribution in [2.75, 3.05) is 7.11 Å². The van der Waals surface area contributed by atoms with Gasteiger partial charge < -0.3 is 9.84 Å². The summed E-state index contributed by atoms with van der Waals surface area (Å²) < 4.78 is 13.2. The first-order chi connectivity index (χ1) is 21.3. The highest BCUT2D eigenvalue weighted by molar-refractivity contribution is 9.10. The Kier molecular flexibility index (Phi) is 8.02. The average Bonchev–Trinajstić information content (AvgIpc) is 3.68. The fourth-order valence-corrected chi connectivity index (χ4v) is 6.57. The van der Waals surface area contributed by atoms with Gasteiger partial charge in [0.05, 0.1) is 25.6 Å². The van der Waals surface area contributed by atoms with Crippen LogP contribution in [-0.4, -0.2) is 37.3 Å². The SMILES string of the molecule is CCc1cc2c(=O)n(CC(=O)c3ccc(OC)cc3)c(=O)n(Cc3ccc(-c4ccccc4-c4noc(O)n4)cc3Br)c2s1. The van der Waals surface area contributed by atoms with Crippen molar-refractivity contribution in [1.29, 1.82) is 0 Å². The van der Waals surface area contributed by atoms with E-state index < -0.39 is 17.3 Å². The van der Waals surface area contributed by atoms with E-state index in [1.165, 1.54) is 18.4 Å². The zero-order valence-corrected chi connectivity index (χ0v) is 26.0. The van der Waals surface area contributed by atoms with Gasteiger partial charge in [0.2, 0.25) is 5.82 Å². The summed E-state index contributed by atoms with van der Waals surface area (Å²) in [4.78, 5) is 46.0. The van der Waals surface area contributed by atoms with Crippen molar-refractivity contribution in [3.8, 4) is 34.3 Å². The number of carbonyl (C=O) groups is 1. The number of thiophene rings is 1. The van der Waals surface area contributed by atoms with E-state index in [1.54, 1.807) is 34.9 Å². The molecule has 0 saturated heterocycles. The Morgan fingerprint density at radius 1 is 1.02 bits per heavy atom. The van der Waals surface area contributed by atoms with Crippen LogP contribution in [0.5, 0.6) is 11.8 Å². The minimum atomic E-state index is -0.563. The first-order valence-corrected chi connectivity index (χ1v) is 15.2. The van der Waals surface area contributed by atoms with Crippen LogP contribution in [0.2, 0.25) is 0 Å². The van der Waals surface area contributed by atoms with Crippen LogP contribution in [-0.2, 0) is 19.5 Å². The fraction of sp³-hybridized carbons (Fsp3) is 0.156. The van der Waals surface area contributed by atoms with Gasteiger partial charge in [0.15, 0.2) is 5.78 Å². The average molecular weight is 674 g/mol. The Hall–Kier alpha value is -4.81. The van der Waals surface area contributed by atoms with E-state index in [4.69, 9.17) is 9.26 Å². The number of aromatic hydroxyl groups is 1. The lowest BCUT2D eigenvalue weighted by molar-refractivity contribution is 0.0969. The number of ketones is 1. The fourth-order valence-electron chi connectivity index (χ4n) is 4.98. The Balaban J connectivity index is 1.39. The number of hydrogen-bond acceptors (Lipinski definition) is 9. The lowest BCUT2D eigenvalue weighted by Gasteiger charge is -2.14. The second-order valence-electron chi connectivity index (χ2n) is 9.95. The molecular weight excluding hydrogens is 648 g/mol. The number of fused-ring (bicyclic) bond motifs is 1. The monoisotopic (exact) mass is 672 g/mol. The smallest absolute Gasteiger partial charge is 0.415 e. The molecular formula is C32H25BrN4O6S. The number of rotatable bonds is 9. The van der Waals surface area contributed by atoms with E-state index in [9.17, 15) is 19.5 Å². The molecule has 0 bridgehead atoms. The third-order valence-corrected chi connectivity index (χ3v) is 9.32. The second kappa shape index (κ2) is 12.1. The first-order valence-electron chi connectivity index (χ1n) is 13.6. The van der Waals surface area contributed by atoms with Crippen LogP contribution in [0.15, 0.2) is 91.4 Å². The molecule has 222 valence electrons. The topological polar surface area (TPSA) is 129 Å². The van der Waals surface area contributed by atoms with Gasteiger partial charge in [0.25, 0.3) is 5.56 Å². The summed E-state index contributed by atoms with van der Waals surface area (Å²) in [5, 5.41) is 13.8. The quantitative estimate of drug-likeness (QED) is 0.188. The Morgan fingerprint density at radius 3 is 2.43 bits per heavy atom. The number of hydrogen-bond donors (Lipinski definition) is 1. The molecule has 3 heterocycles. The van der Waals surface area contributed by atoms with Crippen LogP contribution in [0.1, 0.15) is 27.7 Å². The van der Waals surface area contributed by atoms with Gasteiger partial charge in [-0.15, -0.1) is 11.3 Å². The van der Waals surface area contributed by atoms with Crippen LogP contribution in [0, 0.1) is 0 Å². The minimum Gasteiger partial charge on any atom is -0.497 e. The summed E-state index contributed by atoms with van der Waals surface area (Å²) in [6.07, 6.45) is 0.184. The van der Waals surface area contributed by atoms with Crippen LogP contribution >= 0.6 is 27.3 Å². The first kappa shape index (κ1) is 29.3. The molecule has 0 aliphatic heterocycles. The van der Waals surface area contributed by atoms with Crippen molar-refractivity contribution in [2.45, 2.75) is 26.4 Å². The summed E-state index contributed by atoms with van der Waals surface area (Å²) in [6, 6.07) is 21.5. The normalized spacial score (nSPS) is 11.2. The van der Waals surface area contributed by atoms with Gasteiger partial charge in [-0.25, -0.2) is 4.79 Å². The number of aryl methyl sites for hydroxylation is 1. The molecule has 6 aromatic rings. The number of carbonyl (C=O) groups excluding carboxylic acids is 1. The molecule has 0 atom stereocenters. The number of methoxy groups -OCH3 is 1. The Bertz CT molecular complexity index is 2150. The standard InChI is InChI=1S/C32H25BrN4O6S/c1-3-22-15-25-29(39)36(17-27(38)18-10-12-21(42-2)13-11-18)32(41)37(30(25)44-22)16-20-9-8-19(14-26(20)33)23-6-4-5-7-24(23)28-34-31(40)43-35-28/h4-15H,3,16-17H2,1-2H3,(H,34,35,40). The maximum absolute atomic E-state index is 13.9. The molecule has 3 aromatic carbocycles. The highest BCUT2D eigenvalue weighted by Crippen LogP contribution is 2.34. The third kappa shape index (κ3) is 5.49. The van der Waals surface area contributed by atoms with E-state index in [0.29, 0.717) is 33.5 Å². The van der Waals surface area contributed by atoms with Crippen molar-refractivity contribution >= 4 is 43.3 Å². The summed E-state index contributed by atoms with van der Waals surface area (Å²) >= 11 is 5.07. The molecule has 44 heavy (non-hydrogen) atoms. The van der Waals surface area contributed by atoms with Crippen LogP contribution in [0.25, 0.3) is 32.7 Å². The maximum Gasteiger partial charge on any atom is 0.415 e. The largest absolute Gasteiger partial charge is 0.497 e. The van der Waals surface area contributed by atoms with Gasteiger partial charge in [-0.3, -0.25) is 23.2 Å². The van der Waals surface area contributed by atoms with E-state index in [-0.39, 0.29) is 24.7 Å². The third-order valence-electron chi connectivity index (χ3n) is 7.28. The molecule has 0 fully saturated rings. The molecule has 3 aromatic heterocycles. The number of aromatic nitrogens is 4. The molecule has 0 aliphatic rings. The van der Waals surface area contributed by atoms with Gasteiger partial charge in [0, 0.05) is 20.5 Å². The molecule has 0 amide bonds. The Morgan fingerprint density at radius 2 is 1.77 bits per heavy atom. The second-order valence-corrected chi connectivity index (χ2v) is 11.9. The number of benzene rings is 3. The highest BCUT2D eigenvalue weighted by Gasteiger charge is 2.20. The number of halogens is 1. The summed E-state index contributed by atoms with van der Waals surface area (Å²) in [5.41, 5.74) is 2.45. The summed E-state index contributed by atoms with van der Waals surface area (Å²) in [5.74, 6) is 0.494. The molecule has 0 radical (unpaired) electrons. The van der Waals surface area contributed by atoms with Gasteiger partial charge in [-0.05, 0) is 59.5 Å². The van der Waals surface area contributed by atoms with Crippen molar-refractivity contribution in [2.24, 2.45) is 0 Å². The predicted octanol–water partition coefficient (Wildman–Crippen LogP) is 5.91. The van der Waals surface area contributed by atoms with E-state index >= 15 is 0 Å². The number of nitrogens with zero attached hydrogens (tertiary/aromatic N) is 4. The van der Waals surface area contributed by atoms with Crippen molar-refractivity contribution in [3.05, 3.63) is 114 Å². The minimum absolute atomic E-state index is 0.164. The van der Waals surface area contributed by atoms with Crippen LogP contribution < -0.4 is 16.0 Å². The van der Waals surface area contributed by atoms with Gasteiger partial charge in [-0.2, -0.15) is 4.98 Å². The maximum atomic E-state index is 13.9. The molecule has 1 N–H and O–H groups in total. The predicted molar refractivity (Wildman–Crippen MR) is 171 cm³/mol. The molecule has 0 unspecified atom stereocenters. The summed E-state index contributed by atoms with van der Waals surface area (Å²) in [7, 11) is 1.53. The van der Waals surface area contributed by atoms with Crippen LogP contribution in [0.4, 0.5) is 0 Å². The lowest BCUT2D eigenvalue weighted by atomic mass is 9.98. The Labute approximate surface area is 262 Å². The van der Waals surface area contributed by atoms with Crippen molar-refractivity contribution in [3.63, 3.8) is 0 Å². The molecule has 0 aliphatic carbocycles. The highest BCUT2D eigenvalue weighted by atomic mass is 79.9. The van der Waals surface area contributed by atoms with Gasteiger partial charge >= 0.3 is 11.8 Å². The molecule has 0 spiro atoms. The van der Waals surface area contributed by atoms with Gasteiger partial charge in [0.1, 0.15) is 10.6 Å². The van der Waals surface area contributed by atoms with Crippen molar-refractivity contribution < 1.29 is 19.2 Å². The van der Waals surface area contributed by atoms with E-state index in [1.807, 2.05) is 49.4 Å². The van der Waals surface area contributed by atoms with Crippen molar-refractivity contribution in [1.82, 2.24) is 19.3 Å². The lowest BCUT2D eigenvalue weighted by Crippen LogP contribution is -2.41. The van der Waals surface area contributed by atoms with E-state index in [2.05, 4.69) is 26.1 Å². The number of ether oxygens (including phenoxy) is 1. The molecule has 6 rings (SSSR count). The van der Waals surface area contributed by atoms with Gasteiger partial charge in [-0.1, -0.05) is 64.4 Å². The van der Waals surface area contributed by atoms with Crippen LogP contribution in [0.3, 0.4) is 0 Å². The number of Topliss-reactive ketones (excluding diaryl/α,β-unsaturated/α-hetero) is 1. The zero-order valence-electron chi connectivity index (χ0n) is 23.6. The molecule has 10 nitrogen and oxygen atoms in total. The molecule has 0 saturated carbocycles. The summed E-state index contributed by atoms with van der Waals surface area (Å²) in [6.45, 7) is 1.76. The molecule has 12 heteroatoms. The zero-order chi connectivity index (χ0) is 31.0.